The SMILES string of the molecule is CCOCCNS(=O)(=O)c1ccc(CO)cc1OC. The van der Waals surface area contributed by atoms with E-state index in [1.54, 1.807) is 6.07 Å². The first kappa shape index (κ1) is 15.9. The summed E-state index contributed by atoms with van der Waals surface area (Å²) in [5.74, 6) is 0.204. The molecule has 0 heterocycles. The molecule has 0 amide bonds. The van der Waals surface area contributed by atoms with Crippen molar-refractivity contribution in [3.63, 3.8) is 0 Å². The third-order valence-electron chi connectivity index (χ3n) is 2.44. The molecule has 0 radical (unpaired) electrons. The van der Waals surface area contributed by atoms with Crippen LogP contribution in [-0.2, 0) is 21.4 Å². The standard InChI is InChI=1S/C12H19NO5S/c1-3-18-7-6-13-19(15,16)12-5-4-10(9-14)8-11(12)17-2/h4-5,8,13-14H,3,6-7,9H2,1-2H3. The van der Waals surface area contributed by atoms with Crippen molar-refractivity contribution in [1.29, 1.82) is 0 Å². The van der Waals surface area contributed by atoms with Crippen LogP contribution in [0.25, 0.3) is 0 Å². The van der Waals surface area contributed by atoms with Gasteiger partial charge in [0, 0.05) is 13.2 Å². The molecule has 108 valence electrons. The second-order valence-corrected chi connectivity index (χ2v) is 5.47. The Bertz CT molecular complexity index is 501. The van der Waals surface area contributed by atoms with E-state index in [9.17, 15) is 8.42 Å². The number of benzene rings is 1. The van der Waals surface area contributed by atoms with Crippen LogP contribution in [0.15, 0.2) is 23.1 Å². The lowest BCUT2D eigenvalue weighted by Crippen LogP contribution is -2.27. The average molecular weight is 289 g/mol. The van der Waals surface area contributed by atoms with E-state index < -0.39 is 10.0 Å². The van der Waals surface area contributed by atoms with Gasteiger partial charge in [0.1, 0.15) is 10.6 Å². The van der Waals surface area contributed by atoms with Crippen molar-refractivity contribution in [2.45, 2.75) is 18.4 Å². The van der Waals surface area contributed by atoms with Crippen molar-refractivity contribution in [3.05, 3.63) is 23.8 Å². The van der Waals surface area contributed by atoms with Gasteiger partial charge in [-0.3, -0.25) is 0 Å². The Labute approximate surface area is 113 Å². The highest BCUT2D eigenvalue weighted by atomic mass is 32.2. The molecule has 0 saturated carbocycles. The molecule has 0 saturated heterocycles. The van der Waals surface area contributed by atoms with Crippen LogP contribution in [-0.4, -0.2) is 40.4 Å². The fourth-order valence-electron chi connectivity index (χ4n) is 1.50. The van der Waals surface area contributed by atoms with E-state index in [1.807, 2.05) is 6.92 Å². The average Bonchev–Trinajstić information content (AvgIpc) is 2.42. The number of hydrogen-bond acceptors (Lipinski definition) is 5. The molecule has 0 bridgehead atoms. The minimum atomic E-state index is -3.65. The van der Waals surface area contributed by atoms with Crippen LogP contribution < -0.4 is 9.46 Å². The van der Waals surface area contributed by atoms with Gasteiger partial charge in [0.15, 0.2) is 0 Å². The molecule has 1 aromatic rings. The first-order valence-corrected chi connectivity index (χ1v) is 7.38. The molecule has 0 aromatic heterocycles. The Morgan fingerprint density at radius 3 is 2.68 bits per heavy atom. The van der Waals surface area contributed by atoms with Crippen LogP contribution in [0.2, 0.25) is 0 Å². The van der Waals surface area contributed by atoms with Gasteiger partial charge in [-0.2, -0.15) is 0 Å². The van der Waals surface area contributed by atoms with Gasteiger partial charge >= 0.3 is 0 Å². The number of rotatable bonds is 8. The number of nitrogens with one attached hydrogen (secondary N) is 1. The van der Waals surface area contributed by atoms with Crippen molar-refractivity contribution < 1.29 is 23.0 Å². The van der Waals surface area contributed by atoms with Gasteiger partial charge in [-0.25, -0.2) is 13.1 Å². The highest BCUT2D eigenvalue weighted by Crippen LogP contribution is 2.24. The quantitative estimate of drug-likeness (QED) is 0.681. The molecule has 19 heavy (non-hydrogen) atoms. The summed E-state index contributed by atoms with van der Waals surface area (Å²) in [5.41, 5.74) is 0.588. The largest absolute Gasteiger partial charge is 0.495 e. The zero-order valence-corrected chi connectivity index (χ0v) is 11.9. The predicted octanol–water partition coefficient (Wildman–Crippen LogP) is 0.502. The molecule has 1 aromatic carbocycles. The molecule has 0 fully saturated rings. The van der Waals surface area contributed by atoms with Crippen molar-refractivity contribution in [2.75, 3.05) is 26.9 Å². The van der Waals surface area contributed by atoms with Gasteiger partial charge < -0.3 is 14.6 Å². The van der Waals surface area contributed by atoms with E-state index in [4.69, 9.17) is 14.6 Å². The van der Waals surface area contributed by atoms with Crippen molar-refractivity contribution >= 4 is 10.0 Å². The number of sulfonamides is 1. The summed E-state index contributed by atoms with van der Waals surface area (Å²) >= 11 is 0. The second kappa shape index (κ2) is 7.44. The fourth-order valence-corrected chi connectivity index (χ4v) is 2.66. The molecular weight excluding hydrogens is 270 g/mol. The van der Waals surface area contributed by atoms with Crippen LogP contribution in [0.3, 0.4) is 0 Å². The minimum Gasteiger partial charge on any atom is -0.495 e. The van der Waals surface area contributed by atoms with Crippen molar-refractivity contribution in [1.82, 2.24) is 4.72 Å². The smallest absolute Gasteiger partial charge is 0.244 e. The van der Waals surface area contributed by atoms with Gasteiger partial charge in [-0.1, -0.05) is 6.07 Å². The highest BCUT2D eigenvalue weighted by molar-refractivity contribution is 7.89. The number of ether oxygens (including phenoxy) is 2. The van der Waals surface area contributed by atoms with E-state index in [1.165, 1.54) is 19.2 Å². The first-order valence-electron chi connectivity index (χ1n) is 5.90. The van der Waals surface area contributed by atoms with Crippen LogP contribution in [0.4, 0.5) is 0 Å². The summed E-state index contributed by atoms with van der Waals surface area (Å²) in [5, 5.41) is 9.01. The Hall–Kier alpha value is -1.15. The Morgan fingerprint density at radius 1 is 1.37 bits per heavy atom. The third-order valence-corrected chi connectivity index (χ3v) is 3.94. The molecule has 2 N–H and O–H groups in total. The number of aliphatic hydroxyl groups excluding tert-OH is 1. The van der Waals surface area contributed by atoms with Crippen LogP contribution in [0.1, 0.15) is 12.5 Å². The van der Waals surface area contributed by atoms with E-state index in [0.717, 1.165) is 0 Å². The lowest BCUT2D eigenvalue weighted by molar-refractivity contribution is 0.153. The molecule has 7 heteroatoms. The maximum Gasteiger partial charge on any atom is 0.244 e. The highest BCUT2D eigenvalue weighted by Gasteiger charge is 2.19. The molecule has 6 nitrogen and oxygen atoms in total. The van der Waals surface area contributed by atoms with Crippen LogP contribution in [0, 0.1) is 0 Å². The number of methoxy groups -OCH3 is 1. The molecule has 0 aliphatic carbocycles. The first-order chi connectivity index (χ1) is 9.05. The van der Waals surface area contributed by atoms with E-state index in [2.05, 4.69) is 4.72 Å². The van der Waals surface area contributed by atoms with Crippen LogP contribution in [0.5, 0.6) is 5.75 Å². The zero-order chi connectivity index (χ0) is 14.3. The molecule has 0 spiro atoms. The summed E-state index contributed by atoms with van der Waals surface area (Å²) in [4.78, 5) is 0.0451. The monoisotopic (exact) mass is 289 g/mol. The maximum absolute atomic E-state index is 12.1. The molecule has 0 aliphatic rings. The van der Waals surface area contributed by atoms with Gasteiger partial charge in [-0.05, 0) is 24.6 Å². The van der Waals surface area contributed by atoms with Crippen molar-refractivity contribution in [3.8, 4) is 5.75 Å². The zero-order valence-electron chi connectivity index (χ0n) is 11.0. The van der Waals surface area contributed by atoms with E-state index in [0.29, 0.717) is 18.8 Å². The fraction of sp³-hybridized carbons (Fsp3) is 0.500. The molecule has 0 atom stereocenters. The van der Waals surface area contributed by atoms with Crippen molar-refractivity contribution in [2.24, 2.45) is 0 Å². The second-order valence-electron chi connectivity index (χ2n) is 3.74. The summed E-state index contributed by atoms with van der Waals surface area (Å²) < 4.78 is 36.7. The predicted molar refractivity (Wildman–Crippen MR) is 70.6 cm³/mol. The summed E-state index contributed by atoms with van der Waals surface area (Å²) in [6, 6.07) is 4.45. The van der Waals surface area contributed by atoms with Gasteiger partial charge in [0.05, 0.1) is 20.3 Å². The third kappa shape index (κ3) is 4.46. The topological polar surface area (TPSA) is 84.9 Å². The maximum atomic E-state index is 12.1. The lowest BCUT2D eigenvalue weighted by atomic mass is 10.2. The van der Waals surface area contributed by atoms with Gasteiger partial charge in [0.2, 0.25) is 10.0 Å². The number of aliphatic hydroxyl groups is 1. The van der Waals surface area contributed by atoms with Gasteiger partial charge in [-0.15, -0.1) is 0 Å². The normalized spacial score (nSPS) is 11.5. The summed E-state index contributed by atoms with van der Waals surface area (Å²) in [7, 11) is -2.26. The van der Waals surface area contributed by atoms with Gasteiger partial charge in [0.25, 0.3) is 0 Å². The Morgan fingerprint density at radius 2 is 2.11 bits per heavy atom. The number of hydrogen-bond donors (Lipinski definition) is 2. The minimum absolute atomic E-state index is 0.0451. The van der Waals surface area contributed by atoms with Crippen LogP contribution >= 0.6 is 0 Å². The summed E-state index contributed by atoms with van der Waals surface area (Å²) in [6.45, 7) is 2.71. The lowest BCUT2D eigenvalue weighted by Gasteiger charge is -2.11. The molecular formula is C12H19NO5S. The Balaban J connectivity index is 2.88. The Kier molecular flexibility index (Phi) is 6.23. The molecule has 0 unspecified atom stereocenters. The molecule has 0 aliphatic heterocycles. The van der Waals surface area contributed by atoms with E-state index >= 15 is 0 Å². The molecule has 1 rings (SSSR count). The van der Waals surface area contributed by atoms with E-state index in [-0.39, 0.29) is 23.8 Å². The summed E-state index contributed by atoms with van der Waals surface area (Å²) in [6.07, 6.45) is 0.